The zero-order chi connectivity index (χ0) is 12.3. The third kappa shape index (κ3) is 2.70. The van der Waals surface area contributed by atoms with E-state index in [4.69, 9.17) is 5.26 Å². The first-order chi connectivity index (χ1) is 8.22. The molecule has 0 fully saturated rings. The van der Waals surface area contributed by atoms with E-state index in [1.165, 1.54) is 17.0 Å². The number of nitrogens with zero attached hydrogens (tertiary/aromatic N) is 1. The first-order valence-electron chi connectivity index (χ1n) is 5.16. The molecule has 2 rings (SSSR count). The molecule has 0 aliphatic carbocycles. The molecule has 0 saturated carbocycles. The van der Waals surface area contributed by atoms with Gasteiger partial charge in [0, 0.05) is 11.4 Å². The number of nitrogens with one attached hydrogen (secondary N) is 1. The van der Waals surface area contributed by atoms with Crippen LogP contribution >= 0.6 is 11.3 Å². The summed E-state index contributed by atoms with van der Waals surface area (Å²) >= 11 is 1.62. The Balaban J connectivity index is 2.38. The summed E-state index contributed by atoms with van der Waals surface area (Å²) in [5.41, 5.74) is 2.05. The fourth-order valence-electron chi connectivity index (χ4n) is 1.62. The highest BCUT2D eigenvalue weighted by Gasteiger charge is 2.05. The third-order valence-corrected chi connectivity index (χ3v) is 3.30. The van der Waals surface area contributed by atoms with Crippen molar-refractivity contribution >= 4 is 11.3 Å². The van der Waals surface area contributed by atoms with Crippen LogP contribution in [0.1, 0.15) is 10.4 Å². The predicted octanol–water partition coefficient (Wildman–Crippen LogP) is 3.15. The lowest BCUT2D eigenvalue weighted by molar-refractivity contribution is 0.628. The van der Waals surface area contributed by atoms with E-state index >= 15 is 0 Å². The molecule has 0 spiro atoms. The Morgan fingerprint density at radius 2 is 2.12 bits per heavy atom. The summed E-state index contributed by atoms with van der Waals surface area (Å²) in [5, 5.41) is 13.8. The van der Waals surface area contributed by atoms with Gasteiger partial charge < -0.3 is 5.32 Å². The van der Waals surface area contributed by atoms with Crippen molar-refractivity contribution in [3.63, 3.8) is 0 Å². The quantitative estimate of drug-likeness (QED) is 0.903. The number of nitriles is 1. The van der Waals surface area contributed by atoms with Crippen LogP contribution in [-0.4, -0.2) is 7.05 Å². The van der Waals surface area contributed by atoms with Gasteiger partial charge >= 0.3 is 0 Å². The molecule has 0 amide bonds. The Bertz CT molecular complexity index is 569. The van der Waals surface area contributed by atoms with Gasteiger partial charge in [-0.2, -0.15) is 5.26 Å². The van der Waals surface area contributed by atoms with Crippen LogP contribution in [0.2, 0.25) is 0 Å². The number of thiophene rings is 1. The zero-order valence-electron chi connectivity index (χ0n) is 9.33. The average molecular weight is 246 g/mol. The van der Waals surface area contributed by atoms with Gasteiger partial charge in [-0.05, 0) is 47.8 Å². The number of hydrogen-bond donors (Lipinski definition) is 1. The van der Waals surface area contributed by atoms with Crippen LogP contribution in [0, 0.1) is 17.1 Å². The molecular weight excluding hydrogens is 235 g/mol. The minimum Gasteiger partial charge on any atom is -0.315 e. The van der Waals surface area contributed by atoms with Crippen LogP contribution in [0.25, 0.3) is 11.1 Å². The Kier molecular flexibility index (Phi) is 3.52. The largest absolute Gasteiger partial charge is 0.315 e. The first kappa shape index (κ1) is 11.8. The van der Waals surface area contributed by atoms with Crippen molar-refractivity contribution < 1.29 is 4.39 Å². The van der Waals surface area contributed by atoms with Gasteiger partial charge in [0.1, 0.15) is 5.82 Å². The fourth-order valence-corrected chi connectivity index (χ4v) is 2.52. The van der Waals surface area contributed by atoms with Gasteiger partial charge in [0.05, 0.1) is 11.6 Å². The van der Waals surface area contributed by atoms with E-state index in [-0.39, 0.29) is 5.82 Å². The van der Waals surface area contributed by atoms with Gasteiger partial charge in [0.15, 0.2) is 0 Å². The van der Waals surface area contributed by atoms with Crippen molar-refractivity contribution in [3.8, 4) is 17.2 Å². The molecule has 17 heavy (non-hydrogen) atoms. The van der Waals surface area contributed by atoms with Gasteiger partial charge in [-0.3, -0.25) is 0 Å². The van der Waals surface area contributed by atoms with Crippen molar-refractivity contribution in [2.45, 2.75) is 6.54 Å². The molecule has 4 heteroatoms. The summed E-state index contributed by atoms with van der Waals surface area (Å²) < 4.78 is 13.3. The molecule has 1 aromatic heterocycles. The van der Waals surface area contributed by atoms with Crippen LogP contribution < -0.4 is 5.32 Å². The summed E-state index contributed by atoms with van der Waals surface area (Å²) in [6.07, 6.45) is 0. The Morgan fingerprint density at radius 3 is 2.82 bits per heavy atom. The maximum absolute atomic E-state index is 13.3. The molecule has 1 heterocycles. The second-order valence-corrected chi connectivity index (χ2v) is 4.67. The lowest BCUT2D eigenvalue weighted by atomic mass is 10.1. The van der Waals surface area contributed by atoms with E-state index in [2.05, 4.69) is 5.32 Å². The molecule has 1 aromatic carbocycles. The number of benzene rings is 1. The second-order valence-electron chi connectivity index (χ2n) is 3.67. The van der Waals surface area contributed by atoms with Crippen molar-refractivity contribution in [1.82, 2.24) is 5.32 Å². The molecule has 0 aliphatic rings. The minimum absolute atomic E-state index is 0.348. The maximum Gasteiger partial charge on any atom is 0.125 e. The van der Waals surface area contributed by atoms with E-state index < -0.39 is 0 Å². The van der Waals surface area contributed by atoms with E-state index in [0.717, 1.165) is 17.7 Å². The predicted molar refractivity (Wildman–Crippen MR) is 67.2 cm³/mol. The zero-order valence-corrected chi connectivity index (χ0v) is 10.1. The molecule has 86 valence electrons. The standard InChI is InChI=1S/C13H11FN2S/c1-16-7-13-5-11(8-17-13)10-2-9(6-15)3-12(14)4-10/h2-5,8,16H,7H2,1H3. The van der Waals surface area contributed by atoms with Crippen molar-refractivity contribution in [2.75, 3.05) is 7.05 Å². The molecule has 0 atom stereocenters. The highest BCUT2D eigenvalue weighted by Crippen LogP contribution is 2.27. The Hall–Kier alpha value is -1.70. The number of hydrogen-bond acceptors (Lipinski definition) is 3. The average Bonchev–Trinajstić information content (AvgIpc) is 2.77. The molecule has 0 radical (unpaired) electrons. The summed E-state index contributed by atoms with van der Waals surface area (Å²) in [7, 11) is 1.88. The lowest BCUT2D eigenvalue weighted by Crippen LogP contribution is -2.02. The Morgan fingerprint density at radius 1 is 1.29 bits per heavy atom. The van der Waals surface area contributed by atoms with E-state index in [9.17, 15) is 4.39 Å². The number of rotatable bonds is 3. The van der Waals surface area contributed by atoms with E-state index in [1.54, 1.807) is 17.4 Å². The monoisotopic (exact) mass is 246 g/mol. The minimum atomic E-state index is -0.375. The lowest BCUT2D eigenvalue weighted by Gasteiger charge is -1.99. The van der Waals surface area contributed by atoms with Crippen molar-refractivity contribution in [2.24, 2.45) is 0 Å². The summed E-state index contributed by atoms with van der Waals surface area (Å²) in [6.45, 7) is 0.797. The van der Waals surface area contributed by atoms with Gasteiger partial charge in [-0.15, -0.1) is 11.3 Å². The smallest absolute Gasteiger partial charge is 0.125 e. The molecule has 2 aromatic rings. The maximum atomic E-state index is 13.3. The molecule has 1 N–H and O–H groups in total. The topological polar surface area (TPSA) is 35.8 Å². The molecule has 2 nitrogen and oxygen atoms in total. The molecule has 0 aliphatic heterocycles. The normalized spacial score (nSPS) is 10.2. The second kappa shape index (κ2) is 5.09. The van der Waals surface area contributed by atoms with Crippen molar-refractivity contribution in [3.05, 3.63) is 45.9 Å². The first-order valence-corrected chi connectivity index (χ1v) is 6.04. The van der Waals surface area contributed by atoms with Crippen LogP contribution in [0.5, 0.6) is 0 Å². The SMILES string of the molecule is CNCc1cc(-c2cc(F)cc(C#N)c2)cs1. The molecule has 0 saturated heterocycles. The summed E-state index contributed by atoms with van der Waals surface area (Å²) in [5.74, 6) is -0.375. The molecule has 0 unspecified atom stereocenters. The Labute approximate surface area is 103 Å². The highest BCUT2D eigenvalue weighted by atomic mass is 32.1. The van der Waals surface area contributed by atoms with Gasteiger partial charge in [0.2, 0.25) is 0 Å². The van der Waals surface area contributed by atoms with Gasteiger partial charge in [-0.25, -0.2) is 4.39 Å². The van der Waals surface area contributed by atoms with Crippen molar-refractivity contribution in [1.29, 1.82) is 5.26 Å². The third-order valence-electron chi connectivity index (χ3n) is 2.36. The van der Waals surface area contributed by atoms with Crippen LogP contribution in [-0.2, 0) is 6.54 Å². The summed E-state index contributed by atoms with van der Waals surface area (Å²) in [4.78, 5) is 1.19. The van der Waals surface area contributed by atoms with Gasteiger partial charge in [0.25, 0.3) is 0 Å². The fraction of sp³-hybridized carbons (Fsp3) is 0.154. The van der Waals surface area contributed by atoms with Crippen LogP contribution in [0.3, 0.4) is 0 Å². The van der Waals surface area contributed by atoms with Crippen LogP contribution in [0.15, 0.2) is 29.6 Å². The molecule has 0 bridgehead atoms. The highest BCUT2D eigenvalue weighted by molar-refractivity contribution is 7.10. The van der Waals surface area contributed by atoms with Gasteiger partial charge in [-0.1, -0.05) is 0 Å². The molecular formula is C13H11FN2S. The number of halogens is 1. The summed E-state index contributed by atoms with van der Waals surface area (Å²) in [6, 6.07) is 8.37. The van der Waals surface area contributed by atoms with E-state index in [1.807, 2.05) is 24.6 Å². The van der Waals surface area contributed by atoms with Crippen LogP contribution in [0.4, 0.5) is 4.39 Å². The van der Waals surface area contributed by atoms with E-state index in [0.29, 0.717) is 5.56 Å².